The Labute approximate surface area is 133 Å². The van der Waals surface area contributed by atoms with Crippen molar-refractivity contribution in [3.8, 4) is 0 Å². The first-order valence-corrected chi connectivity index (χ1v) is 8.28. The Morgan fingerprint density at radius 2 is 1.90 bits per heavy atom. The Kier molecular flexibility index (Phi) is 3.43. The highest BCUT2D eigenvalue weighted by molar-refractivity contribution is 9.10. The van der Waals surface area contributed by atoms with E-state index in [1.165, 1.54) is 29.5 Å². The Bertz CT molecular complexity index is 642. The van der Waals surface area contributed by atoms with Gasteiger partial charge in [0.2, 0.25) is 0 Å². The molecule has 1 aliphatic carbocycles. The van der Waals surface area contributed by atoms with Crippen LogP contribution in [0, 0.1) is 0 Å². The molecule has 2 aliphatic rings. The van der Waals surface area contributed by atoms with E-state index in [1.54, 1.807) is 0 Å². The summed E-state index contributed by atoms with van der Waals surface area (Å²) in [6, 6.07) is 11.6. The third-order valence-corrected chi connectivity index (χ3v) is 4.64. The highest BCUT2D eigenvalue weighted by Crippen LogP contribution is 2.30. The van der Waals surface area contributed by atoms with Crippen molar-refractivity contribution in [2.75, 3.05) is 4.90 Å². The minimum Gasteiger partial charge on any atom is -0.348 e. The lowest BCUT2D eigenvalue weighted by Gasteiger charge is -2.20. The van der Waals surface area contributed by atoms with E-state index in [-0.39, 0.29) is 0 Å². The molecule has 1 fully saturated rings. The second kappa shape index (κ2) is 5.43. The fourth-order valence-corrected chi connectivity index (χ4v) is 3.29. The Hall–Kier alpha value is -1.39. The topological polar surface area (TPSA) is 28.2 Å². The van der Waals surface area contributed by atoms with Crippen LogP contribution < -0.4 is 10.2 Å². The van der Waals surface area contributed by atoms with Gasteiger partial charge in [-0.1, -0.05) is 24.3 Å². The van der Waals surface area contributed by atoms with Gasteiger partial charge in [0.05, 0.1) is 0 Å². The van der Waals surface area contributed by atoms with Crippen LogP contribution in [-0.2, 0) is 19.6 Å². The average molecular weight is 344 g/mol. The van der Waals surface area contributed by atoms with E-state index in [9.17, 15) is 0 Å². The third-order valence-electron chi connectivity index (χ3n) is 4.21. The van der Waals surface area contributed by atoms with Gasteiger partial charge in [0.25, 0.3) is 0 Å². The summed E-state index contributed by atoms with van der Waals surface area (Å²) < 4.78 is 1.05. The van der Waals surface area contributed by atoms with Crippen molar-refractivity contribution < 1.29 is 0 Å². The average Bonchev–Trinajstić information content (AvgIpc) is 3.22. The summed E-state index contributed by atoms with van der Waals surface area (Å²) in [6.45, 7) is 2.82. The molecule has 0 atom stereocenters. The monoisotopic (exact) mass is 343 g/mol. The molecule has 4 rings (SSSR count). The van der Waals surface area contributed by atoms with Crippen molar-refractivity contribution in [2.24, 2.45) is 0 Å². The van der Waals surface area contributed by atoms with Crippen LogP contribution in [0.5, 0.6) is 0 Å². The summed E-state index contributed by atoms with van der Waals surface area (Å²) in [4.78, 5) is 7.06. The standard InChI is InChI=1S/C17H18BrN3/c18-15-7-14(8-19-16-5-6-16)17(20-9-15)21-10-12-3-1-2-4-13(12)11-21/h1-4,7,9,16,19H,5-6,8,10-11H2. The van der Waals surface area contributed by atoms with E-state index in [4.69, 9.17) is 0 Å². The van der Waals surface area contributed by atoms with Gasteiger partial charge in [0.15, 0.2) is 0 Å². The van der Waals surface area contributed by atoms with Crippen LogP contribution in [0.2, 0.25) is 0 Å². The van der Waals surface area contributed by atoms with E-state index in [0.29, 0.717) is 6.04 Å². The van der Waals surface area contributed by atoms with Crippen molar-refractivity contribution >= 4 is 21.7 Å². The smallest absolute Gasteiger partial charge is 0.133 e. The van der Waals surface area contributed by atoms with E-state index in [0.717, 1.165) is 29.9 Å². The summed E-state index contributed by atoms with van der Waals surface area (Å²) in [5.74, 6) is 1.11. The largest absolute Gasteiger partial charge is 0.348 e. The maximum absolute atomic E-state index is 4.68. The molecule has 21 heavy (non-hydrogen) atoms. The Morgan fingerprint density at radius 3 is 2.57 bits per heavy atom. The molecule has 1 aromatic carbocycles. The summed E-state index contributed by atoms with van der Waals surface area (Å²) in [7, 11) is 0. The van der Waals surface area contributed by atoms with Gasteiger partial charge in [-0.05, 0) is 46.0 Å². The number of benzene rings is 1. The van der Waals surface area contributed by atoms with Gasteiger partial charge in [0.1, 0.15) is 5.82 Å². The first-order chi connectivity index (χ1) is 10.3. The van der Waals surface area contributed by atoms with Crippen molar-refractivity contribution in [2.45, 2.75) is 38.5 Å². The molecule has 108 valence electrons. The lowest BCUT2D eigenvalue weighted by atomic mass is 10.1. The Morgan fingerprint density at radius 1 is 1.19 bits per heavy atom. The number of fused-ring (bicyclic) bond motifs is 1. The number of pyridine rings is 1. The van der Waals surface area contributed by atoms with Crippen LogP contribution in [0.4, 0.5) is 5.82 Å². The van der Waals surface area contributed by atoms with Crippen molar-refractivity contribution in [3.63, 3.8) is 0 Å². The molecule has 1 saturated carbocycles. The molecular formula is C17H18BrN3. The quantitative estimate of drug-likeness (QED) is 0.918. The molecule has 0 spiro atoms. The molecule has 0 radical (unpaired) electrons. The highest BCUT2D eigenvalue weighted by atomic mass is 79.9. The number of hydrogen-bond donors (Lipinski definition) is 1. The maximum atomic E-state index is 4.68. The van der Waals surface area contributed by atoms with E-state index in [2.05, 4.69) is 61.5 Å². The normalized spacial score (nSPS) is 17.1. The molecule has 1 aromatic heterocycles. The molecule has 2 aromatic rings. The number of hydrogen-bond acceptors (Lipinski definition) is 3. The first kappa shape index (κ1) is 13.3. The van der Waals surface area contributed by atoms with E-state index >= 15 is 0 Å². The number of rotatable bonds is 4. The fraction of sp³-hybridized carbons (Fsp3) is 0.353. The predicted octanol–water partition coefficient (Wildman–Crippen LogP) is 3.62. The molecule has 0 saturated heterocycles. The SMILES string of the molecule is Brc1cnc(N2Cc3ccccc3C2)c(CNC2CC2)c1. The van der Waals surface area contributed by atoms with Crippen molar-refractivity contribution in [1.82, 2.24) is 10.3 Å². The van der Waals surface area contributed by atoms with Crippen LogP contribution in [0.15, 0.2) is 41.0 Å². The second-order valence-corrected chi connectivity index (χ2v) is 6.83. The lowest BCUT2D eigenvalue weighted by Crippen LogP contribution is -2.22. The van der Waals surface area contributed by atoms with Crippen LogP contribution in [0.3, 0.4) is 0 Å². The number of halogens is 1. The van der Waals surface area contributed by atoms with Gasteiger partial charge in [-0.3, -0.25) is 0 Å². The highest BCUT2D eigenvalue weighted by Gasteiger charge is 2.24. The van der Waals surface area contributed by atoms with Crippen LogP contribution in [-0.4, -0.2) is 11.0 Å². The molecule has 3 nitrogen and oxygen atoms in total. The van der Waals surface area contributed by atoms with Crippen LogP contribution >= 0.6 is 15.9 Å². The lowest BCUT2D eigenvalue weighted by molar-refractivity contribution is 0.680. The third kappa shape index (κ3) is 2.83. The number of anilines is 1. The number of nitrogens with zero attached hydrogens (tertiary/aromatic N) is 2. The number of aromatic nitrogens is 1. The molecule has 0 unspecified atom stereocenters. The minimum atomic E-state index is 0.715. The Balaban J connectivity index is 1.59. The molecule has 1 aliphatic heterocycles. The molecule has 0 bridgehead atoms. The summed E-state index contributed by atoms with van der Waals surface area (Å²) >= 11 is 3.55. The molecular weight excluding hydrogens is 326 g/mol. The second-order valence-electron chi connectivity index (χ2n) is 5.92. The molecule has 4 heteroatoms. The van der Waals surface area contributed by atoms with E-state index < -0.39 is 0 Å². The minimum absolute atomic E-state index is 0.715. The summed E-state index contributed by atoms with van der Waals surface area (Å²) in [6.07, 6.45) is 4.52. The van der Waals surface area contributed by atoms with Gasteiger partial charge in [0, 0.05) is 41.9 Å². The maximum Gasteiger partial charge on any atom is 0.133 e. The predicted molar refractivity (Wildman–Crippen MR) is 88.1 cm³/mol. The fourth-order valence-electron chi connectivity index (χ4n) is 2.91. The van der Waals surface area contributed by atoms with Gasteiger partial charge in [-0.15, -0.1) is 0 Å². The van der Waals surface area contributed by atoms with Gasteiger partial charge in [-0.25, -0.2) is 4.98 Å². The molecule has 1 N–H and O–H groups in total. The van der Waals surface area contributed by atoms with Gasteiger partial charge < -0.3 is 10.2 Å². The molecule has 0 amide bonds. The summed E-state index contributed by atoms with van der Waals surface area (Å²) in [5.41, 5.74) is 4.12. The van der Waals surface area contributed by atoms with E-state index in [1.807, 2.05) is 6.20 Å². The molecule has 2 heterocycles. The van der Waals surface area contributed by atoms with Crippen molar-refractivity contribution in [3.05, 3.63) is 57.7 Å². The van der Waals surface area contributed by atoms with Gasteiger partial charge >= 0.3 is 0 Å². The van der Waals surface area contributed by atoms with Crippen LogP contribution in [0.1, 0.15) is 29.5 Å². The van der Waals surface area contributed by atoms with Crippen molar-refractivity contribution in [1.29, 1.82) is 0 Å². The zero-order valence-corrected chi connectivity index (χ0v) is 13.4. The first-order valence-electron chi connectivity index (χ1n) is 7.49. The zero-order chi connectivity index (χ0) is 14.2. The summed E-state index contributed by atoms with van der Waals surface area (Å²) in [5, 5.41) is 3.60. The van der Waals surface area contributed by atoms with Gasteiger partial charge in [-0.2, -0.15) is 0 Å². The zero-order valence-electron chi connectivity index (χ0n) is 11.8. The number of nitrogens with one attached hydrogen (secondary N) is 1. The van der Waals surface area contributed by atoms with Crippen LogP contribution in [0.25, 0.3) is 0 Å².